The molecule has 0 saturated carbocycles. The highest BCUT2D eigenvalue weighted by molar-refractivity contribution is 7.13. The molecule has 2 N–H and O–H groups in total. The van der Waals surface area contributed by atoms with Crippen LogP contribution in [0.1, 0.15) is 22.7 Å². The highest BCUT2D eigenvalue weighted by Gasteiger charge is 2.21. The summed E-state index contributed by atoms with van der Waals surface area (Å²) in [6, 6.07) is 3.68. The summed E-state index contributed by atoms with van der Waals surface area (Å²) in [5.74, 6) is 1.43. The number of nitrogens with one attached hydrogen (secondary N) is 1. The molecule has 0 radical (unpaired) electrons. The van der Waals surface area contributed by atoms with Crippen molar-refractivity contribution in [2.75, 3.05) is 6.61 Å². The standard InChI is InChI=1S/C15H16N2O3S/c1-9-2-5-13(20-9)15-17-12(8-21-15)14(19)16-11-4-3-10(6-11)7-18/h2-5,8,10-11,18H,6-7H2,1H3,(H,16,19)/t10-,11+/m0/s1. The molecule has 0 fully saturated rings. The Kier molecular flexibility index (Phi) is 3.90. The third-order valence-corrected chi connectivity index (χ3v) is 4.27. The fraction of sp³-hybridized carbons (Fsp3) is 0.333. The van der Waals surface area contributed by atoms with Crippen molar-refractivity contribution < 1.29 is 14.3 Å². The average molecular weight is 304 g/mol. The number of amides is 1. The Morgan fingerprint density at radius 3 is 3.05 bits per heavy atom. The number of carbonyl (C=O) groups excluding carboxylic acids is 1. The van der Waals surface area contributed by atoms with Gasteiger partial charge in [-0.2, -0.15) is 0 Å². The third kappa shape index (κ3) is 3.06. The molecule has 2 heterocycles. The van der Waals surface area contributed by atoms with Crippen LogP contribution < -0.4 is 5.32 Å². The number of thiazole rings is 1. The molecule has 0 aliphatic heterocycles. The summed E-state index contributed by atoms with van der Waals surface area (Å²) in [5, 5.41) is 14.4. The van der Waals surface area contributed by atoms with Gasteiger partial charge in [-0.15, -0.1) is 11.3 Å². The zero-order valence-electron chi connectivity index (χ0n) is 11.6. The van der Waals surface area contributed by atoms with E-state index in [2.05, 4.69) is 10.3 Å². The van der Waals surface area contributed by atoms with Crippen LogP contribution >= 0.6 is 11.3 Å². The number of aliphatic hydroxyl groups excluding tert-OH is 1. The van der Waals surface area contributed by atoms with Gasteiger partial charge >= 0.3 is 0 Å². The van der Waals surface area contributed by atoms with E-state index in [4.69, 9.17) is 9.52 Å². The zero-order chi connectivity index (χ0) is 14.8. The number of aliphatic hydroxyl groups is 1. The summed E-state index contributed by atoms with van der Waals surface area (Å²) in [4.78, 5) is 16.5. The van der Waals surface area contributed by atoms with Gasteiger partial charge in [-0.1, -0.05) is 12.2 Å². The van der Waals surface area contributed by atoms with E-state index in [0.29, 0.717) is 16.5 Å². The SMILES string of the molecule is Cc1ccc(-c2nc(C(=O)N[C@@H]3C=C[C@H](CO)C3)cs2)o1. The van der Waals surface area contributed by atoms with Gasteiger partial charge in [0.1, 0.15) is 11.5 Å². The smallest absolute Gasteiger partial charge is 0.271 e. The first-order valence-corrected chi connectivity index (χ1v) is 7.66. The maximum Gasteiger partial charge on any atom is 0.271 e. The lowest BCUT2D eigenvalue weighted by atomic mass is 10.1. The van der Waals surface area contributed by atoms with Gasteiger partial charge in [0.15, 0.2) is 10.8 Å². The van der Waals surface area contributed by atoms with Crippen molar-refractivity contribution in [2.45, 2.75) is 19.4 Å². The molecule has 1 amide bonds. The molecule has 21 heavy (non-hydrogen) atoms. The van der Waals surface area contributed by atoms with E-state index in [0.717, 1.165) is 12.2 Å². The fourth-order valence-corrected chi connectivity index (χ4v) is 3.06. The van der Waals surface area contributed by atoms with Crippen LogP contribution in [0.3, 0.4) is 0 Å². The largest absolute Gasteiger partial charge is 0.459 e. The van der Waals surface area contributed by atoms with Crippen LogP contribution in [0.5, 0.6) is 0 Å². The first-order chi connectivity index (χ1) is 10.2. The van der Waals surface area contributed by atoms with Gasteiger partial charge < -0.3 is 14.8 Å². The topological polar surface area (TPSA) is 75.4 Å². The molecule has 110 valence electrons. The van der Waals surface area contributed by atoms with Gasteiger partial charge in [-0.3, -0.25) is 4.79 Å². The predicted octanol–water partition coefficient (Wildman–Crippen LogP) is 2.38. The van der Waals surface area contributed by atoms with E-state index in [1.165, 1.54) is 11.3 Å². The molecular formula is C15H16N2O3S. The molecule has 0 saturated heterocycles. The minimum Gasteiger partial charge on any atom is -0.459 e. The monoisotopic (exact) mass is 304 g/mol. The lowest BCUT2D eigenvalue weighted by molar-refractivity contribution is 0.0937. The number of rotatable bonds is 4. The van der Waals surface area contributed by atoms with Gasteiger partial charge in [-0.25, -0.2) is 4.98 Å². The Bertz CT molecular complexity index is 674. The van der Waals surface area contributed by atoms with Crippen molar-refractivity contribution in [2.24, 2.45) is 5.92 Å². The van der Waals surface area contributed by atoms with Crippen LogP contribution in [0.15, 0.2) is 34.1 Å². The molecule has 1 aliphatic carbocycles. The molecular weight excluding hydrogens is 288 g/mol. The second kappa shape index (κ2) is 5.83. The summed E-state index contributed by atoms with van der Waals surface area (Å²) in [5.41, 5.74) is 0.393. The van der Waals surface area contributed by atoms with Crippen molar-refractivity contribution in [1.29, 1.82) is 0 Å². The summed E-state index contributed by atoms with van der Waals surface area (Å²) in [6.45, 7) is 1.98. The molecule has 0 aromatic carbocycles. The van der Waals surface area contributed by atoms with E-state index < -0.39 is 0 Å². The van der Waals surface area contributed by atoms with Gasteiger partial charge in [0.05, 0.1) is 0 Å². The van der Waals surface area contributed by atoms with Crippen LogP contribution in [0, 0.1) is 12.8 Å². The molecule has 0 unspecified atom stereocenters. The van der Waals surface area contributed by atoms with E-state index in [9.17, 15) is 4.79 Å². The molecule has 0 spiro atoms. The second-order valence-corrected chi connectivity index (χ2v) is 5.95. The Hall–Kier alpha value is -1.92. The first kappa shape index (κ1) is 14.0. The van der Waals surface area contributed by atoms with Crippen LogP contribution in [-0.2, 0) is 0 Å². The maximum absolute atomic E-state index is 12.2. The lowest BCUT2D eigenvalue weighted by Crippen LogP contribution is -2.33. The summed E-state index contributed by atoms with van der Waals surface area (Å²) in [6.07, 6.45) is 4.58. The Morgan fingerprint density at radius 1 is 1.52 bits per heavy atom. The number of furan rings is 1. The van der Waals surface area contributed by atoms with Crippen molar-refractivity contribution >= 4 is 17.2 Å². The van der Waals surface area contributed by atoms with Crippen molar-refractivity contribution in [3.8, 4) is 10.8 Å². The van der Waals surface area contributed by atoms with Crippen LogP contribution in [0.2, 0.25) is 0 Å². The van der Waals surface area contributed by atoms with E-state index in [-0.39, 0.29) is 24.5 Å². The molecule has 3 rings (SSSR count). The third-order valence-electron chi connectivity index (χ3n) is 3.41. The highest BCUT2D eigenvalue weighted by Crippen LogP contribution is 2.25. The van der Waals surface area contributed by atoms with Gasteiger partial charge in [-0.05, 0) is 25.5 Å². The molecule has 2 atom stereocenters. The van der Waals surface area contributed by atoms with Crippen molar-refractivity contribution in [3.63, 3.8) is 0 Å². The Labute approximate surface area is 126 Å². The quantitative estimate of drug-likeness (QED) is 0.850. The molecule has 5 nitrogen and oxygen atoms in total. The summed E-state index contributed by atoms with van der Waals surface area (Å²) in [7, 11) is 0. The maximum atomic E-state index is 12.2. The van der Waals surface area contributed by atoms with Crippen LogP contribution in [-0.4, -0.2) is 28.6 Å². The Balaban J connectivity index is 1.66. The molecule has 2 aromatic heterocycles. The van der Waals surface area contributed by atoms with Crippen LogP contribution in [0.4, 0.5) is 0 Å². The highest BCUT2D eigenvalue weighted by atomic mass is 32.1. The second-order valence-electron chi connectivity index (χ2n) is 5.09. The molecule has 0 bridgehead atoms. The minimum atomic E-state index is -0.200. The predicted molar refractivity (Wildman–Crippen MR) is 80.1 cm³/mol. The van der Waals surface area contributed by atoms with E-state index in [1.807, 2.05) is 31.2 Å². The molecule has 6 heteroatoms. The number of hydrogen-bond acceptors (Lipinski definition) is 5. The molecule has 2 aromatic rings. The van der Waals surface area contributed by atoms with Crippen LogP contribution in [0.25, 0.3) is 10.8 Å². The van der Waals surface area contributed by atoms with Crippen molar-refractivity contribution in [3.05, 3.63) is 41.1 Å². The van der Waals surface area contributed by atoms with Gasteiger partial charge in [0, 0.05) is 23.9 Å². The summed E-state index contributed by atoms with van der Waals surface area (Å²) < 4.78 is 5.50. The average Bonchev–Trinajstić information content (AvgIpc) is 3.17. The van der Waals surface area contributed by atoms with Gasteiger partial charge in [0.2, 0.25) is 0 Å². The van der Waals surface area contributed by atoms with Gasteiger partial charge in [0.25, 0.3) is 5.91 Å². The van der Waals surface area contributed by atoms with Crippen molar-refractivity contribution in [1.82, 2.24) is 10.3 Å². The number of aromatic nitrogens is 1. The fourth-order valence-electron chi connectivity index (χ4n) is 2.30. The van der Waals surface area contributed by atoms with E-state index >= 15 is 0 Å². The number of carbonyl (C=O) groups is 1. The lowest BCUT2D eigenvalue weighted by Gasteiger charge is -2.11. The number of hydrogen-bond donors (Lipinski definition) is 2. The Morgan fingerprint density at radius 2 is 2.38 bits per heavy atom. The van der Waals surface area contributed by atoms with E-state index in [1.54, 1.807) is 5.38 Å². The molecule has 1 aliphatic rings. The number of aryl methyl sites for hydroxylation is 1. The minimum absolute atomic E-state index is 0.0364. The number of nitrogens with zero attached hydrogens (tertiary/aromatic N) is 1. The normalized spacial score (nSPS) is 20.9. The zero-order valence-corrected chi connectivity index (χ0v) is 12.4. The summed E-state index contributed by atoms with van der Waals surface area (Å²) >= 11 is 1.38. The first-order valence-electron chi connectivity index (χ1n) is 6.78.